The number of nitrogens with zero attached hydrogens (tertiary/aromatic N) is 3. The molecule has 0 saturated heterocycles. The summed E-state index contributed by atoms with van der Waals surface area (Å²) in [4.78, 5) is 10.9. The third-order valence-electron chi connectivity index (χ3n) is 2.90. The van der Waals surface area contributed by atoms with Crippen molar-refractivity contribution < 1.29 is 0 Å². The van der Waals surface area contributed by atoms with Gasteiger partial charge in [-0.3, -0.25) is 0 Å². The highest BCUT2D eigenvalue weighted by Gasteiger charge is 2.24. The number of rotatable bonds is 6. The summed E-state index contributed by atoms with van der Waals surface area (Å²) in [6.07, 6.45) is 5.55. The Hall–Kier alpha value is -1.32. The Labute approximate surface area is 97.1 Å². The molecule has 0 aliphatic heterocycles. The van der Waals surface area contributed by atoms with Gasteiger partial charge in [-0.15, -0.1) is 0 Å². The van der Waals surface area contributed by atoms with Gasteiger partial charge in [0.2, 0.25) is 0 Å². The van der Waals surface area contributed by atoms with E-state index in [4.69, 9.17) is 0 Å². The summed E-state index contributed by atoms with van der Waals surface area (Å²) in [5.41, 5.74) is 0. The molecule has 0 radical (unpaired) electrons. The predicted octanol–water partition coefficient (Wildman–Crippen LogP) is 2.14. The van der Waals surface area contributed by atoms with Gasteiger partial charge in [-0.1, -0.05) is 6.92 Å². The smallest absolute Gasteiger partial charge is 0.134 e. The second-order valence-electron chi connectivity index (χ2n) is 4.40. The van der Waals surface area contributed by atoms with Gasteiger partial charge in [0, 0.05) is 26.2 Å². The summed E-state index contributed by atoms with van der Waals surface area (Å²) in [7, 11) is 1.89. The van der Waals surface area contributed by atoms with Crippen LogP contribution in [0.25, 0.3) is 0 Å². The van der Waals surface area contributed by atoms with Crippen LogP contribution in [0, 0.1) is 5.92 Å². The number of anilines is 2. The molecule has 1 fully saturated rings. The highest BCUT2D eigenvalue weighted by Crippen LogP contribution is 2.31. The van der Waals surface area contributed by atoms with Gasteiger partial charge in [0.1, 0.15) is 18.0 Å². The average Bonchev–Trinajstić information content (AvgIpc) is 3.12. The molecule has 1 heterocycles. The largest absolute Gasteiger partial charge is 0.373 e. The van der Waals surface area contributed by atoms with Gasteiger partial charge in [0.15, 0.2) is 0 Å². The first-order valence-electron chi connectivity index (χ1n) is 6.08. The quantitative estimate of drug-likeness (QED) is 0.797. The van der Waals surface area contributed by atoms with E-state index < -0.39 is 0 Å². The van der Waals surface area contributed by atoms with Crippen LogP contribution in [0.15, 0.2) is 12.4 Å². The lowest BCUT2D eigenvalue weighted by molar-refractivity contribution is 0.698. The number of aromatic nitrogens is 2. The molecule has 1 aliphatic carbocycles. The number of hydrogen-bond acceptors (Lipinski definition) is 4. The molecule has 2 rings (SSSR count). The van der Waals surface area contributed by atoms with Gasteiger partial charge in [-0.25, -0.2) is 9.97 Å². The fourth-order valence-corrected chi connectivity index (χ4v) is 1.84. The van der Waals surface area contributed by atoms with E-state index >= 15 is 0 Å². The molecule has 1 aromatic rings. The zero-order valence-electron chi connectivity index (χ0n) is 10.1. The maximum absolute atomic E-state index is 4.36. The molecule has 88 valence electrons. The fraction of sp³-hybridized carbons (Fsp3) is 0.667. The molecule has 1 saturated carbocycles. The molecule has 0 aromatic carbocycles. The molecule has 1 aliphatic rings. The summed E-state index contributed by atoms with van der Waals surface area (Å²) >= 11 is 0. The van der Waals surface area contributed by atoms with Crippen molar-refractivity contribution >= 4 is 11.6 Å². The van der Waals surface area contributed by atoms with Crippen LogP contribution in [0.3, 0.4) is 0 Å². The van der Waals surface area contributed by atoms with Crippen molar-refractivity contribution in [2.75, 3.05) is 30.4 Å². The van der Waals surface area contributed by atoms with Crippen molar-refractivity contribution in [3.8, 4) is 0 Å². The van der Waals surface area contributed by atoms with E-state index in [0.717, 1.165) is 37.1 Å². The Morgan fingerprint density at radius 3 is 2.88 bits per heavy atom. The monoisotopic (exact) mass is 220 g/mol. The van der Waals surface area contributed by atoms with Crippen LogP contribution in [0.4, 0.5) is 11.6 Å². The fourth-order valence-electron chi connectivity index (χ4n) is 1.84. The Morgan fingerprint density at radius 2 is 2.25 bits per heavy atom. The van der Waals surface area contributed by atoms with Crippen molar-refractivity contribution in [1.29, 1.82) is 0 Å². The minimum atomic E-state index is 0.888. The lowest BCUT2D eigenvalue weighted by Gasteiger charge is -2.23. The molecule has 1 aromatic heterocycles. The van der Waals surface area contributed by atoms with Crippen LogP contribution in [0.5, 0.6) is 0 Å². The summed E-state index contributed by atoms with van der Waals surface area (Å²) in [5, 5.41) is 3.06. The van der Waals surface area contributed by atoms with E-state index in [2.05, 4.69) is 27.1 Å². The third-order valence-corrected chi connectivity index (χ3v) is 2.90. The van der Waals surface area contributed by atoms with Gasteiger partial charge in [0.05, 0.1) is 0 Å². The molecule has 4 heteroatoms. The first-order valence-corrected chi connectivity index (χ1v) is 6.08. The van der Waals surface area contributed by atoms with E-state index in [-0.39, 0.29) is 0 Å². The van der Waals surface area contributed by atoms with Crippen LogP contribution < -0.4 is 10.2 Å². The van der Waals surface area contributed by atoms with Crippen LogP contribution in [-0.4, -0.2) is 30.1 Å². The molecule has 16 heavy (non-hydrogen) atoms. The zero-order valence-corrected chi connectivity index (χ0v) is 10.1. The molecule has 0 amide bonds. The second-order valence-corrected chi connectivity index (χ2v) is 4.40. The zero-order chi connectivity index (χ0) is 11.4. The number of hydrogen-bond donors (Lipinski definition) is 1. The summed E-state index contributed by atoms with van der Waals surface area (Å²) in [6.45, 7) is 4.44. The van der Waals surface area contributed by atoms with E-state index in [0.29, 0.717) is 0 Å². The van der Waals surface area contributed by atoms with Crippen LogP contribution in [0.1, 0.15) is 26.2 Å². The molecule has 4 nitrogen and oxygen atoms in total. The van der Waals surface area contributed by atoms with Gasteiger partial charge in [-0.2, -0.15) is 0 Å². The average molecular weight is 220 g/mol. The molecule has 0 unspecified atom stereocenters. The van der Waals surface area contributed by atoms with Crippen LogP contribution in [0.2, 0.25) is 0 Å². The van der Waals surface area contributed by atoms with E-state index in [1.807, 2.05) is 13.1 Å². The lowest BCUT2D eigenvalue weighted by atomic mass is 10.3. The Morgan fingerprint density at radius 1 is 1.44 bits per heavy atom. The van der Waals surface area contributed by atoms with Crippen LogP contribution >= 0.6 is 0 Å². The second kappa shape index (κ2) is 5.14. The Kier molecular flexibility index (Phi) is 3.59. The van der Waals surface area contributed by atoms with Gasteiger partial charge < -0.3 is 10.2 Å². The Balaban J connectivity index is 2.08. The summed E-state index contributed by atoms with van der Waals surface area (Å²) < 4.78 is 0. The van der Waals surface area contributed by atoms with Crippen molar-refractivity contribution in [3.05, 3.63) is 12.4 Å². The topological polar surface area (TPSA) is 41.0 Å². The molecule has 0 spiro atoms. The third kappa shape index (κ3) is 2.84. The molecule has 1 N–H and O–H groups in total. The molecule has 0 bridgehead atoms. The van der Waals surface area contributed by atoms with Gasteiger partial charge >= 0.3 is 0 Å². The first-order chi connectivity index (χ1) is 7.83. The highest BCUT2D eigenvalue weighted by molar-refractivity contribution is 5.48. The van der Waals surface area contributed by atoms with Crippen molar-refractivity contribution in [2.45, 2.75) is 26.2 Å². The van der Waals surface area contributed by atoms with E-state index in [9.17, 15) is 0 Å². The standard InChI is InChI=1S/C12H20N4/c1-3-6-16(8-10-4-5-10)12-7-11(13-2)14-9-15-12/h7,9-10H,3-6,8H2,1-2H3,(H,13,14,15). The molecular formula is C12H20N4. The van der Waals surface area contributed by atoms with Crippen molar-refractivity contribution in [2.24, 2.45) is 5.92 Å². The maximum Gasteiger partial charge on any atom is 0.134 e. The lowest BCUT2D eigenvalue weighted by Crippen LogP contribution is -2.27. The summed E-state index contributed by atoms with van der Waals surface area (Å²) in [5.74, 6) is 2.83. The Bertz CT molecular complexity index is 336. The minimum Gasteiger partial charge on any atom is -0.373 e. The number of nitrogens with one attached hydrogen (secondary N) is 1. The summed E-state index contributed by atoms with van der Waals surface area (Å²) in [6, 6.07) is 2.03. The van der Waals surface area contributed by atoms with Crippen LogP contribution in [-0.2, 0) is 0 Å². The predicted molar refractivity (Wildman–Crippen MR) is 66.8 cm³/mol. The highest BCUT2D eigenvalue weighted by atomic mass is 15.2. The van der Waals surface area contributed by atoms with Crippen molar-refractivity contribution in [3.63, 3.8) is 0 Å². The van der Waals surface area contributed by atoms with Gasteiger partial charge in [-0.05, 0) is 25.2 Å². The van der Waals surface area contributed by atoms with E-state index in [1.54, 1.807) is 6.33 Å². The molecule has 0 atom stereocenters. The maximum atomic E-state index is 4.36. The minimum absolute atomic E-state index is 0.888. The van der Waals surface area contributed by atoms with Gasteiger partial charge in [0.25, 0.3) is 0 Å². The van der Waals surface area contributed by atoms with Crippen molar-refractivity contribution in [1.82, 2.24) is 9.97 Å². The first kappa shape index (κ1) is 11.2. The molecular weight excluding hydrogens is 200 g/mol. The normalized spacial score (nSPS) is 14.9. The van der Waals surface area contributed by atoms with E-state index in [1.165, 1.54) is 12.8 Å². The SMILES string of the molecule is CCCN(CC1CC1)c1cc(NC)ncn1.